The number of aliphatic hydroxyl groups excluding tert-OH is 2. The number of benzene rings is 2. The smallest absolute Gasteiger partial charge is 0.748 e. The SMILES string of the molecule is COCCN(CC(CO)COC)c1nc(NCCS(=O)(=O)[O-])nc(Nc2ccc(/C=C/c3ccc(Nc4nc(NCCS(=O)(=O)[O-])nc(N(CCOC)CC(CO)COC)n4)cc3S(=O)(=O)[O-])c(S(=O)(=O)[O-])c2)n1.[K+].[K+].[K+].[K+]. The van der Waals surface area contributed by atoms with Crippen molar-refractivity contribution in [3.8, 4) is 0 Å². The van der Waals surface area contributed by atoms with Crippen molar-refractivity contribution in [2.75, 3.05) is 150 Å². The summed E-state index contributed by atoms with van der Waals surface area (Å²) in [5.41, 5.74) is -0.659. The minimum absolute atomic E-state index is 0. The van der Waals surface area contributed by atoms with Crippen molar-refractivity contribution < 1.29 is 287 Å². The molecule has 6 N–H and O–H groups in total. The van der Waals surface area contributed by atoms with Crippen LogP contribution in [0.1, 0.15) is 11.1 Å². The fourth-order valence-corrected chi connectivity index (χ4v) is 8.69. The first-order valence-electron chi connectivity index (χ1n) is 21.8. The van der Waals surface area contributed by atoms with Crippen molar-refractivity contribution in [2.45, 2.75) is 9.79 Å². The molecule has 0 aliphatic heterocycles. The van der Waals surface area contributed by atoms with Crippen molar-refractivity contribution in [1.29, 1.82) is 0 Å². The zero-order chi connectivity index (χ0) is 54.7. The van der Waals surface area contributed by atoms with Crippen LogP contribution in [0.2, 0.25) is 0 Å². The Hall–Kier alpha value is 0.945. The third-order valence-corrected chi connectivity index (χ3v) is 13.2. The van der Waals surface area contributed by atoms with E-state index in [9.17, 15) is 62.1 Å². The molecule has 0 bridgehead atoms. The van der Waals surface area contributed by atoms with Gasteiger partial charge in [0, 0.05) is 104 Å². The van der Waals surface area contributed by atoms with E-state index in [4.69, 9.17) is 18.9 Å². The van der Waals surface area contributed by atoms with Gasteiger partial charge in [0.1, 0.15) is 20.2 Å². The van der Waals surface area contributed by atoms with E-state index in [1.165, 1.54) is 52.7 Å². The van der Waals surface area contributed by atoms with E-state index in [0.717, 1.165) is 24.3 Å². The van der Waals surface area contributed by atoms with Crippen LogP contribution in [-0.4, -0.2) is 211 Å². The third kappa shape index (κ3) is 28.9. The van der Waals surface area contributed by atoms with Gasteiger partial charge in [-0.15, -0.1) is 0 Å². The average Bonchev–Trinajstić information content (AvgIpc) is 3.31. The largest absolute Gasteiger partial charge is 1.00 e. The van der Waals surface area contributed by atoms with E-state index in [1.54, 1.807) is 9.80 Å². The van der Waals surface area contributed by atoms with Crippen LogP contribution in [0.3, 0.4) is 0 Å². The molecule has 412 valence electrons. The summed E-state index contributed by atoms with van der Waals surface area (Å²) in [5, 5.41) is 30.7. The maximum atomic E-state index is 12.7. The fourth-order valence-electron chi connectivity index (χ4n) is 6.60. The molecule has 2 atom stereocenters. The molecule has 0 aliphatic carbocycles. The Bertz CT molecular complexity index is 2790. The number of anilines is 8. The molecule has 0 fully saturated rings. The number of nitrogens with zero attached hydrogens (tertiary/aromatic N) is 8. The molecule has 2 aromatic carbocycles. The summed E-state index contributed by atoms with van der Waals surface area (Å²) in [5.74, 6) is -3.60. The predicted octanol–water partition coefficient (Wildman–Crippen LogP) is -13.1. The van der Waals surface area contributed by atoms with Crippen LogP contribution in [-0.2, 0) is 59.4 Å². The quantitative estimate of drug-likeness (QED) is 0.0144. The Morgan fingerprint density at radius 1 is 0.538 bits per heavy atom. The van der Waals surface area contributed by atoms with Crippen molar-refractivity contribution >= 4 is 99.7 Å². The molecule has 4 aromatic rings. The Morgan fingerprint density at radius 3 is 1.18 bits per heavy atom. The summed E-state index contributed by atoms with van der Waals surface area (Å²) in [6.07, 6.45) is 2.14. The first-order chi connectivity index (χ1) is 34.9. The molecule has 30 nitrogen and oxygen atoms in total. The monoisotopic (exact) mass is 1280 g/mol. The van der Waals surface area contributed by atoms with Gasteiger partial charge >= 0.3 is 206 Å². The Balaban J connectivity index is 0.0000148. The standard InChI is InChI=1S/C40H60N12O18S4.4K/c1-67-15-13-51(21-27(23-53)25-69-3)39-47-35(41-11-17-71(55,56)57)45-37(49-39)43-31-9-7-29(33(19-31)73(61,62)63)5-6-30-8-10-32(20-34(30)74(64,65)66)44-38-46-36(42-12-18-72(58,59)60)48-40(50-38)52(14-16-68-2)22-28(24-54)26-70-4;;;;/h5-10,19-20,27-28,53-54H,11-18,21-26H2,1-4H3,(H,55,56,57)(H,58,59,60)(H,61,62,63)(H,64,65,66)(H2,41,43,45,47,49)(H2,42,44,46,48,50);;;;/q;4*+1/p-4/b6-5+;;;;. The van der Waals surface area contributed by atoms with Gasteiger partial charge in [-0.25, -0.2) is 33.7 Å². The second kappa shape index (κ2) is 38.9. The fraction of sp³-hybridized carbons (Fsp3) is 0.500. The molecule has 2 unspecified atom stereocenters. The molecule has 4 rings (SSSR count). The molecular weight excluding hydrogens is 1220 g/mol. The molecule has 2 heterocycles. The molecule has 0 saturated carbocycles. The second-order valence-corrected chi connectivity index (χ2v) is 21.6. The van der Waals surface area contributed by atoms with E-state index in [-0.39, 0.29) is 330 Å². The van der Waals surface area contributed by atoms with Crippen molar-refractivity contribution in [3.05, 3.63) is 47.5 Å². The van der Waals surface area contributed by atoms with Crippen molar-refractivity contribution in [3.63, 3.8) is 0 Å². The van der Waals surface area contributed by atoms with Gasteiger partial charge < -0.3 is 78.4 Å². The minimum atomic E-state index is -5.30. The molecule has 0 amide bonds. The number of aromatic nitrogens is 6. The van der Waals surface area contributed by atoms with Crippen LogP contribution >= 0.6 is 0 Å². The maximum absolute atomic E-state index is 12.7. The molecular formula is C40H56K4N12O18S4. The number of hydrogen-bond donors (Lipinski definition) is 6. The third-order valence-electron chi connectivity index (χ3n) is 10.0. The predicted molar refractivity (Wildman–Crippen MR) is 263 cm³/mol. The number of nitrogens with one attached hydrogen (secondary N) is 4. The van der Waals surface area contributed by atoms with Crippen LogP contribution in [0, 0.1) is 11.8 Å². The summed E-state index contributed by atoms with van der Waals surface area (Å²) in [4.78, 5) is 27.4. The van der Waals surface area contributed by atoms with Gasteiger partial charge in [-0.1, -0.05) is 24.3 Å². The summed E-state index contributed by atoms with van der Waals surface area (Å²) >= 11 is 0. The van der Waals surface area contributed by atoms with Gasteiger partial charge in [-0.3, -0.25) is 0 Å². The number of aliphatic hydroxyl groups is 2. The maximum Gasteiger partial charge on any atom is 1.00 e. The Morgan fingerprint density at radius 2 is 0.885 bits per heavy atom. The first kappa shape index (κ1) is 78.9. The summed E-state index contributed by atoms with van der Waals surface area (Å²) in [7, 11) is -14.1. The van der Waals surface area contributed by atoms with E-state index in [0.29, 0.717) is 0 Å². The van der Waals surface area contributed by atoms with Crippen LogP contribution in [0.15, 0.2) is 46.2 Å². The van der Waals surface area contributed by atoms with Crippen LogP contribution in [0.4, 0.5) is 47.1 Å². The minimum Gasteiger partial charge on any atom is -0.748 e. The molecule has 78 heavy (non-hydrogen) atoms. The Labute approximate surface area is 623 Å². The van der Waals surface area contributed by atoms with Gasteiger partial charge in [0.2, 0.25) is 35.7 Å². The topological polar surface area (TPSA) is 438 Å². The molecule has 38 heteroatoms. The van der Waals surface area contributed by atoms with E-state index in [1.807, 2.05) is 0 Å². The van der Waals surface area contributed by atoms with Gasteiger partial charge in [0.15, 0.2) is 0 Å². The number of ether oxygens (including phenoxy) is 4. The second-order valence-electron chi connectivity index (χ2n) is 15.8. The van der Waals surface area contributed by atoms with Gasteiger partial charge in [0.25, 0.3) is 0 Å². The van der Waals surface area contributed by atoms with E-state index < -0.39 is 86.7 Å². The molecule has 0 saturated heterocycles. The zero-order valence-electron chi connectivity index (χ0n) is 44.3. The summed E-state index contributed by atoms with van der Waals surface area (Å²) < 4.78 is 165. The zero-order valence-corrected chi connectivity index (χ0v) is 60.1. The van der Waals surface area contributed by atoms with Crippen molar-refractivity contribution in [2.24, 2.45) is 11.8 Å². The molecule has 2 aromatic heterocycles. The van der Waals surface area contributed by atoms with Gasteiger partial charge in [0.05, 0.1) is 68.0 Å². The normalized spacial score (nSPS) is 12.5. The van der Waals surface area contributed by atoms with Gasteiger partial charge in [-0.2, -0.15) is 29.9 Å². The number of hydrogen-bond acceptors (Lipinski definition) is 30. The molecule has 0 aliphatic rings. The van der Waals surface area contributed by atoms with Crippen molar-refractivity contribution in [1.82, 2.24) is 29.9 Å². The van der Waals surface area contributed by atoms with E-state index >= 15 is 0 Å². The van der Waals surface area contributed by atoms with Gasteiger partial charge in [-0.05, 0) is 35.4 Å². The van der Waals surface area contributed by atoms with Crippen LogP contribution < -0.4 is 237 Å². The average molecular weight is 1280 g/mol. The van der Waals surface area contributed by atoms with Crippen LogP contribution in [0.25, 0.3) is 12.2 Å². The summed E-state index contributed by atoms with van der Waals surface area (Å²) in [6.45, 7) is -0.246. The summed E-state index contributed by atoms with van der Waals surface area (Å²) in [6, 6.07) is 6.81. The van der Waals surface area contributed by atoms with E-state index in [2.05, 4.69) is 51.2 Å². The number of rotatable bonds is 34. The Kier molecular flexibility index (Phi) is 39.4. The number of methoxy groups -OCH3 is 4. The van der Waals surface area contributed by atoms with Crippen LogP contribution in [0.5, 0.6) is 0 Å². The molecule has 0 spiro atoms. The first-order valence-corrected chi connectivity index (χ1v) is 27.8. The molecule has 0 radical (unpaired) electrons.